The van der Waals surface area contributed by atoms with Gasteiger partial charge in [0.1, 0.15) is 12.1 Å². The largest absolute Gasteiger partial charge is 0.383 e. The van der Waals surface area contributed by atoms with E-state index in [1.165, 1.54) is 17.3 Å². The number of carbonyl (C=O) groups excluding carboxylic acids is 3. The molecule has 4 rings (SSSR count). The van der Waals surface area contributed by atoms with Crippen LogP contribution < -0.4 is 11.1 Å². The van der Waals surface area contributed by atoms with Crippen LogP contribution in [0.3, 0.4) is 0 Å². The molecule has 3 heterocycles. The van der Waals surface area contributed by atoms with Gasteiger partial charge in [0.2, 0.25) is 11.8 Å². The van der Waals surface area contributed by atoms with E-state index in [0.29, 0.717) is 29.8 Å². The summed E-state index contributed by atoms with van der Waals surface area (Å²) in [6.45, 7) is 4.64. The van der Waals surface area contributed by atoms with Crippen molar-refractivity contribution in [1.82, 2.24) is 29.5 Å². The molecule has 182 valence electrons. The van der Waals surface area contributed by atoms with Gasteiger partial charge in [0, 0.05) is 32.9 Å². The van der Waals surface area contributed by atoms with Crippen LogP contribution in [0.15, 0.2) is 43.2 Å². The van der Waals surface area contributed by atoms with E-state index in [9.17, 15) is 14.4 Å². The lowest BCUT2D eigenvalue weighted by Gasteiger charge is -2.32. The van der Waals surface area contributed by atoms with E-state index in [0.717, 1.165) is 18.4 Å². The molecule has 11 heteroatoms. The first-order chi connectivity index (χ1) is 16.8. The smallest absolute Gasteiger partial charge is 0.277 e. The van der Waals surface area contributed by atoms with Gasteiger partial charge >= 0.3 is 0 Å². The molecule has 0 spiro atoms. The first-order valence-corrected chi connectivity index (χ1v) is 11.3. The summed E-state index contributed by atoms with van der Waals surface area (Å²) in [4.78, 5) is 48.9. The van der Waals surface area contributed by atoms with Crippen molar-refractivity contribution in [3.8, 4) is 0 Å². The second-order valence-electron chi connectivity index (χ2n) is 8.65. The highest BCUT2D eigenvalue weighted by Crippen LogP contribution is 2.29. The van der Waals surface area contributed by atoms with Crippen LogP contribution >= 0.6 is 0 Å². The molecule has 3 amide bonds. The number of nitrogens with two attached hydrogens (primary N) is 1. The zero-order chi connectivity index (χ0) is 25.1. The average Bonchev–Trinajstić information content (AvgIpc) is 3.26. The molecule has 1 unspecified atom stereocenters. The zero-order valence-electron chi connectivity index (χ0n) is 19.8. The maximum atomic E-state index is 13.2. The Morgan fingerprint density at radius 3 is 2.66 bits per heavy atom. The molecule has 0 aliphatic carbocycles. The lowest BCUT2D eigenvalue weighted by molar-refractivity contribution is -0.128. The van der Waals surface area contributed by atoms with Crippen LogP contribution in [0, 0.1) is 0 Å². The second-order valence-corrected chi connectivity index (χ2v) is 8.65. The highest BCUT2D eigenvalue weighted by molar-refractivity contribution is 6.13. The van der Waals surface area contributed by atoms with Crippen molar-refractivity contribution in [2.75, 3.05) is 38.2 Å². The van der Waals surface area contributed by atoms with Crippen LogP contribution in [0.25, 0.3) is 11.0 Å². The summed E-state index contributed by atoms with van der Waals surface area (Å²) in [7, 11) is 3.41. The monoisotopic (exact) mass is 476 g/mol. The van der Waals surface area contributed by atoms with Crippen LogP contribution in [0.5, 0.6) is 0 Å². The van der Waals surface area contributed by atoms with Crippen LogP contribution in [-0.4, -0.2) is 74.5 Å². The Labute approximate surface area is 202 Å². The molecule has 0 saturated carbocycles. The number of anilines is 2. The molecule has 3 N–H and O–H groups in total. The van der Waals surface area contributed by atoms with Crippen molar-refractivity contribution in [2.24, 2.45) is 0 Å². The molecule has 1 aliphatic heterocycles. The number of hydrogen-bond acceptors (Lipinski definition) is 7. The second kappa shape index (κ2) is 9.92. The predicted octanol–water partition coefficient (Wildman–Crippen LogP) is 1.64. The molecular weight excluding hydrogens is 448 g/mol. The molecule has 1 aromatic carbocycles. The van der Waals surface area contributed by atoms with Gasteiger partial charge in [0.05, 0.1) is 17.8 Å². The fourth-order valence-corrected chi connectivity index (χ4v) is 4.12. The summed E-state index contributed by atoms with van der Waals surface area (Å²) < 4.78 is 1.67. The van der Waals surface area contributed by atoms with Gasteiger partial charge in [-0.05, 0) is 36.6 Å². The molecule has 11 nitrogen and oxygen atoms in total. The summed E-state index contributed by atoms with van der Waals surface area (Å²) in [5.41, 5.74) is 8.06. The zero-order valence-corrected chi connectivity index (χ0v) is 19.8. The number of likely N-dealkylation sites (N-methyl/N-ethyl adjacent to an activating group) is 1. The molecule has 1 saturated heterocycles. The van der Waals surface area contributed by atoms with Gasteiger partial charge < -0.3 is 20.9 Å². The van der Waals surface area contributed by atoms with Gasteiger partial charge in [-0.15, -0.1) is 0 Å². The summed E-state index contributed by atoms with van der Waals surface area (Å²) in [6.07, 6.45) is 4.47. The quantitative estimate of drug-likeness (QED) is 0.516. The van der Waals surface area contributed by atoms with E-state index >= 15 is 0 Å². The van der Waals surface area contributed by atoms with Gasteiger partial charge in [-0.3, -0.25) is 14.4 Å². The maximum Gasteiger partial charge on any atom is 0.277 e. The first kappa shape index (κ1) is 23.9. The fourth-order valence-electron chi connectivity index (χ4n) is 4.12. The predicted molar refractivity (Wildman–Crippen MR) is 132 cm³/mol. The Bertz CT molecular complexity index is 1280. The molecule has 0 bridgehead atoms. The summed E-state index contributed by atoms with van der Waals surface area (Å²) in [5.74, 6) is -0.458. The van der Waals surface area contributed by atoms with Crippen LogP contribution in [0.2, 0.25) is 0 Å². The van der Waals surface area contributed by atoms with Gasteiger partial charge in [0.15, 0.2) is 11.3 Å². The van der Waals surface area contributed by atoms with E-state index in [-0.39, 0.29) is 35.8 Å². The molecule has 0 radical (unpaired) electrons. The van der Waals surface area contributed by atoms with Crippen molar-refractivity contribution >= 4 is 40.3 Å². The van der Waals surface area contributed by atoms with E-state index in [2.05, 4.69) is 27.0 Å². The molecule has 1 atom stereocenters. The Morgan fingerprint density at radius 2 is 1.97 bits per heavy atom. The number of carbonyl (C=O) groups is 3. The van der Waals surface area contributed by atoms with Crippen molar-refractivity contribution in [3.63, 3.8) is 0 Å². The number of likely N-dealkylation sites (tertiary alicyclic amines) is 1. The minimum atomic E-state index is -0.456. The van der Waals surface area contributed by atoms with Crippen molar-refractivity contribution in [3.05, 3.63) is 54.5 Å². The fraction of sp³-hybridized carbons (Fsp3) is 0.333. The van der Waals surface area contributed by atoms with Gasteiger partial charge in [-0.1, -0.05) is 18.7 Å². The van der Waals surface area contributed by atoms with E-state index in [1.54, 1.807) is 47.9 Å². The van der Waals surface area contributed by atoms with Gasteiger partial charge in [-0.25, -0.2) is 14.6 Å². The Kier molecular flexibility index (Phi) is 6.76. The minimum Gasteiger partial charge on any atom is -0.383 e. The third-order valence-corrected chi connectivity index (χ3v) is 6.03. The molecule has 2 aromatic heterocycles. The highest BCUT2D eigenvalue weighted by atomic mass is 16.2. The number of fused-ring (bicyclic) bond motifs is 1. The summed E-state index contributed by atoms with van der Waals surface area (Å²) in [6, 6.07) is 6.88. The molecule has 1 aliphatic rings. The Morgan fingerprint density at radius 1 is 1.23 bits per heavy atom. The van der Waals surface area contributed by atoms with Crippen molar-refractivity contribution < 1.29 is 14.4 Å². The molecule has 35 heavy (non-hydrogen) atoms. The topological polar surface area (TPSA) is 139 Å². The third-order valence-electron chi connectivity index (χ3n) is 6.03. The Balaban J connectivity index is 1.60. The van der Waals surface area contributed by atoms with Crippen molar-refractivity contribution in [1.29, 1.82) is 0 Å². The highest BCUT2D eigenvalue weighted by Gasteiger charge is 2.29. The molecule has 3 aromatic rings. The molecule has 1 fully saturated rings. The summed E-state index contributed by atoms with van der Waals surface area (Å²) >= 11 is 0. The SMILES string of the molecule is C=CC(=O)N1CCCC(n2nc(C(=O)Nc3ccc(CC(=O)N(C)C)cc3)c3c(N)ncnc32)C1. The number of piperidine rings is 1. The normalized spacial score (nSPS) is 15.6. The van der Waals surface area contributed by atoms with Crippen molar-refractivity contribution in [2.45, 2.75) is 25.3 Å². The Hall–Kier alpha value is -4.28. The number of rotatable bonds is 6. The summed E-state index contributed by atoms with van der Waals surface area (Å²) in [5, 5.41) is 7.77. The molecular formula is C24H28N8O3. The number of amides is 3. The van der Waals surface area contributed by atoms with Gasteiger partial charge in [0.25, 0.3) is 5.91 Å². The van der Waals surface area contributed by atoms with E-state index in [1.807, 2.05) is 0 Å². The lowest BCUT2D eigenvalue weighted by Crippen LogP contribution is -2.40. The number of aromatic nitrogens is 4. The van der Waals surface area contributed by atoms with Crippen LogP contribution in [0.4, 0.5) is 11.5 Å². The number of hydrogen-bond donors (Lipinski definition) is 2. The average molecular weight is 477 g/mol. The maximum absolute atomic E-state index is 13.2. The van der Waals surface area contributed by atoms with E-state index < -0.39 is 5.91 Å². The number of nitrogens with one attached hydrogen (secondary N) is 1. The third kappa shape index (κ3) is 4.98. The first-order valence-electron chi connectivity index (χ1n) is 11.3. The number of benzene rings is 1. The minimum absolute atomic E-state index is 0.00895. The van der Waals surface area contributed by atoms with Gasteiger partial charge in [-0.2, -0.15) is 5.10 Å². The number of nitrogens with zero attached hydrogens (tertiary/aromatic N) is 6. The lowest BCUT2D eigenvalue weighted by atomic mass is 10.1. The standard InChI is InChI=1S/C24H28N8O3/c1-4-18(33)31-11-5-6-17(13-31)32-23-20(22(25)26-14-27-23)21(29-32)24(35)28-16-9-7-15(8-10-16)12-19(34)30(2)3/h4,7-10,14,17H,1,5-6,11-13H2,2-3H3,(H,28,35)(H2,25,26,27). The van der Waals surface area contributed by atoms with E-state index in [4.69, 9.17) is 5.73 Å². The van der Waals surface area contributed by atoms with Crippen LogP contribution in [0.1, 0.15) is 34.9 Å². The number of nitrogen functional groups attached to an aromatic ring is 1. The van der Waals surface area contributed by atoms with Crippen LogP contribution in [-0.2, 0) is 16.0 Å².